The summed E-state index contributed by atoms with van der Waals surface area (Å²) in [6, 6.07) is 23.5. The topological polar surface area (TPSA) is 56.3 Å². The van der Waals surface area contributed by atoms with Crippen molar-refractivity contribution < 1.29 is 35.8 Å². The molecule has 0 atom stereocenters. The smallest absolute Gasteiger partial charge is 0.211 e. The van der Waals surface area contributed by atoms with Gasteiger partial charge in [0, 0.05) is 53.7 Å². The minimum absolute atomic E-state index is 0. The quantitative estimate of drug-likeness (QED) is 0.322. The van der Waals surface area contributed by atoms with Gasteiger partial charge in [-0.25, -0.2) is 0 Å². The summed E-state index contributed by atoms with van der Waals surface area (Å²) in [6.45, 7) is 6.41. The number of rotatable bonds is 3. The van der Waals surface area contributed by atoms with Crippen molar-refractivity contribution in [2.45, 2.75) is 0 Å². The second-order valence-electron chi connectivity index (χ2n) is 8.76. The fourth-order valence-electron chi connectivity index (χ4n) is 4.32. The van der Waals surface area contributed by atoms with E-state index >= 15 is 0 Å². The van der Waals surface area contributed by atoms with Gasteiger partial charge in [0.15, 0.2) is 12.4 Å². The van der Waals surface area contributed by atoms with Gasteiger partial charge in [-0.3, -0.25) is 0 Å². The Balaban J connectivity index is 0.00000320. The Labute approximate surface area is 224 Å². The second kappa shape index (κ2) is 14.1. The molecule has 1 aliphatic heterocycles. The van der Waals surface area contributed by atoms with E-state index in [9.17, 15) is 0 Å². The first-order valence-corrected chi connectivity index (χ1v) is 12.6. The first kappa shape index (κ1) is 27.1. The van der Waals surface area contributed by atoms with Crippen molar-refractivity contribution in [1.82, 2.24) is 0 Å². The van der Waals surface area contributed by atoms with Crippen LogP contribution in [0.25, 0.3) is 16.3 Å². The van der Waals surface area contributed by atoms with Crippen LogP contribution in [0.5, 0.6) is 0 Å². The summed E-state index contributed by atoms with van der Waals surface area (Å²) < 4.78 is 24.7. The molecule has 1 N–H and O–H groups in total. The SMILES string of the molecule is [Cl-].c1cc[n+]2cc3ccc(Nc4ccc(N5CCOCCOCCOCCOCC5)cc4)cc3cc2c1. The molecule has 8 heteroatoms. The molecule has 3 heterocycles. The van der Waals surface area contributed by atoms with Gasteiger partial charge in [-0.15, -0.1) is 0 Å². The summed E-state index contributed by atoms with van der Waals surface area (Å²) in [5.41, 5.74) is 4.43. The lowest BCUT2D eigenvalue weighted by atomic mass is 10.1. The van der Waals surface area contributed by atoms with Crippen molar-refractivity contribution in [2.75, 3.05) is 76.2 Å². The largest absolute Gasteiger partial charge is 1.00 e. The highest BCUT2D eigenvalue weighted by atomic mass is 35.5. The van der Waals surface area contributed by atoms with Gasteiger partial charge < -0.3 is 41.6 Å². The van der Waals surface area contributed by atoms with Crippen molar-refractivity contribution in [3.63, 3.8) is 0 Å². The van der Waals surface area contributed by atoms with Gasteiger partial charge >= 0.3 is 0 Å². The lowest BCUT2D eigenvalue weighted by Gasteiger charge is -2.25. The number of fused-ring (bicyclic) bond motifs is 2. The third kappa shape index (κ3) is 7.77. The standard InChI is InChI=1S/C29H33N3O4.ClH/c1-2-10-32-23-24-4-5-27(21-25(24)22-29(32)3-1)30-26-6-8-28(9-7-26)31-11-13-33-15-17-35-19-20-36-18-16-34-14-12-31;/h1-10,21-23H,11-20H2;1H. The molecule has 0 spiro atoms. The van der Waals surface area contributed by atoms with Crippen molar-refractivity contribution in [2.24, 2.45) is 0 Å². The summed E-state index contributed by atoms with van der Waals surface area (Å²) in [5, 5.41) is 5.96. The van der Waals surface area contributed by atoms with E-state index in [1.165, 1.54) is 16.3 Å². The molecule has 2 aromatic heterocycles. The van der Waals surface area contributed by atoms with Crippen LogP contribution < -0.4 is 27.0 Å². The summed E-state index contributed by atoms with van der Waals surface area (Å²) in [4.78, 5) is 2.30. The number of benzene rings is 2. The maximum absolute atomic E-state index is 5.76. The zero-order valence-electron chi connectivity index (χ0n) is 21.0. The highest BCUT2D eigenvalue weighted by Crippen LogP contribution is 2.24. The molecule has 1 fully saturated rings. The minimum atomic E-state index is 0. The predicted octanol–water partition coefficient (Wildman–Crippen LogP) is 1.21. The highest BCUT2D eigenvalue weighted by molar-refractivity contribution is 5.87. The fraction of sp³-hybridized carbons (Fsp3) is 0.345. The Morgan fingerprint density at radius 2 is 1.24 bits per heavy atom. The van der Waals surface area contributed by atoms with E-state index in [1.807, 2.05) is 6.07 Å². The molecule has 0 aliphatic carbocycles. The van der Waals surface area contributed by atoms with Crippen LogP contribution in [0.2, 0.25) is 0 Å². The maximum atomic E-state index is 5.76. The average Bonchev–Trinajstić information content (AvgIpc) is 2.92. The molecule has 0 unspecified atom stereocenters. The number of halogens is 1. The summed E-state index contributed by atoms with van der Waals surface area (Å²) in [5.74, 6) is 0. The maximum Gasteiger partial charge on any atom is 0.211 e. The molecule has 196 valence electrons. The van der Waals surface area contributed by atoms with Gasteiger partial charge in [-0.05, 0) is 53.9 Å². The van der Waals surface area contributed by atoms with E-state index in [-0.39, 0.29) is 12.4 Å². The van der Waals surface area contributed by atoms with Crippen LogP contribution in [0.4, 0.5) is 17.1 Å². The number of nitrogens with zero attached hydrogens (tertiary/aromatic N) is 2. The van der Waals surface area contributed by atoms with Crippen LogP contribution in [0.15, 0.2) is 79.1 Å². The normalized spacial score (nSPS) is 16.5. The van der Waals surface area contributed by atoms with E-state index in [1.54, 1.807) is 0 Å². The summed E-state index contributed by atoms with van der Waals surface area (Å²) in [6.07, 6.45) is 4.24. The number of ether oxygens (including phenoxy) is 4. The molecular formula is C29H34ClN3O4. The zero-order valence-corrected chi connectivity index (χ0v) is 21.7. The van der Waals surface area contributed by atoms with Crippen molar-refractivity contribution >= 4 is 33.4 Å². The average molecular weight is 524 g/mol. The van der Waals surface area contributed by atoms with Crippen molar-refractivity contribution in [3.8, 4) is 0 Å². The molecule has 5 rings (SSSR count). The van der Waals surface area contributed by atoms with E-state index in [2.05, 4.69) is 87.7 Å². The Morgan fingerprint density at radius 3 is 1.92 bits per heavy atom. The van der Waals surface area contributed by atoms with Crippen molar-refractivity contribution in [1.29, 1.82) is 0 Å². The second-order valence-corrected chi connectivity index (χ2v) is 8.76. The molecule has 1 saturated heterocycles. The van der Waals surface area contributed by atoms with Gasteiger partial charge in [-0.1, -0.05) is 0 Å². The Morgan fingerprint density at radius 1 is 0.622 bits per heavy atom. The summed E-state index contributed by atoms with van der Waals surface area (Å²) in [7, 11) is 0. The highest BCUT2D eigenvalue weighted by Gasteiger charge is 2.09. The third-order valence-electron chi connectivity index (χ3n) is 6.24. The molecule has 0 amide bonds. The molecule has 0 saturated carbocycles. The number of pyridine rings is 2. The van der Waals surface area contributed by atoms with Gasteiger partial charge in [0.05, 0.1) is 52.9 Å². The van der Waals surface area contributed by atoms with Crippen LogP contribution >= 0.6 is 0 Å². The molecule has 0 radical (unpaired) electrons. The van der Waals surface area contributed by atoms with Crippen LogP contribution in [-0.4, -0.2) is 65.9 Å². The molecule has 7 nitrogen and oxygen atoms in total. The lowest BCUT2D eigenvalue weighted by Crippen LogP contribution is -3.00. The summed E-state index contributed by atoms with van der Waals surface area (Å²) >= 11 is 0. The monoisotopic (exact) mass is 523 g/mol. The molecule has 0 bridgehead atoms. The Hall–Kier alpha value is -2.94. The number of hydrogen-bond acceptors (Lipinski definition) is 6. The third-order valence-corrected chi connectivity index (χ3v) is 6.24. The van der Waals surface area contributed by atoms with Gasteiger partial charge in [0.2, 0.25) is 5.52 Å². The van der Waals surface area contributed by atoms with E-state index in [0.29, 0.717) is 52.9 Å². The number of anilines is 3. The minimum Gasteiger partial charge on any atom is -1.00 e. The van der Waals surface area contributed by atoms with Crippen LogP contribution in [0.3, 0.4) is 0 Å². The van der Waals surface area contributed by atoms with E-state index in [0.717, 1.165) is 30.2 Å². The van der Waals surface area contributed by atoms with Crippen LogP contribution in [0.1, 0.15) is 0 Å². The van der Waals surface area contributed by atoms with Gasteiger partial charge in [0.25, 0.3) is 0 Å². The van der Waals surface area contributed by atoms with Gasteiger partial charge in [0.1, 0.15) is 0 Å². The molecule has 1 aliphatic rings. The molecule has 37 heavy (non-hydrogen) atoms. The first-order valence-electron chi connectivity index (χ1n) is 12.6. The Bertz CT molecular complexity index is 1240. The number of nitrogens with one attached hydrogen (secondary N) is 1. The number of hydrogen-bond donors (Lipinski definition) is 1. The fourth-order valence-corrected chi connectivity index (χ4v) is 4.32. The number of aromatic nitrogens is 1. The van der Waals surface area contributed by atoms with Crippen molar-refractivity contribution in [3.05, 3.63) is 79.1 Å². The van der Waals surface area contributed by atoms with E-state index in [4.69, 9.17) is 18.9 Å². The first-order chi connectivity index (χ1) is 17.8. The predicted molar refractivity (Wildman–Crippen MR) is 142 cm³/mol. The molecular weight excluding hydrogens is 490 g/mol. The van der Waals surface area contributed by atoms with Crippen LogP contribution in [-0.2, 0) is 18.9 Å². The van der Waals surface area contributed by atoms with Gasteiger partial charge in [-0.2, -0.15) is 4.40 Å². The Kier molecular flexibility index (Phi) is 10.3. The molecule has 4 aromatic rings. The zero-order chi connectivity index (χ0) is 24.4. The lowest BCUT2D eigenvalue weighted by molar-refractivity contribution is -0.510. The molecule has 2 aromatic carbocycles. The van der Waals surface area contributed by atoms with Crippen LogP contribution in [0, 0.1) is 0 Å². The van der Waals surface area contributed by atoms with E-state index < -0.39 is 0 Å².